The lowest BCUT2D eigenvalue weighted by Gasteiger charge is -2.48. The number of amides is 1. The Labute approximate surface area is 261 Å². The first-order valence-electron chi connectivity index (χ1n) is 16.0. The number of carbonyl (C=O) groups excluding carboxylic acids is 1. The number of carbonyl (C=O) groups is 1. The van der Waals surface area contributed by atoms with E-state index in [-0.39, 0.29) is 39.6 Å². The van der Waals surface area contributed by atoms with Crippen LogP contribution in [0.3, 0.4) is 0 Å². The minimum absolute atomic E-state index is 0.00430. The first kappa shape index (κ1) is 32.1. The molecule has 11 heteroatoms. The highest BCUT2D eigenvalue weighted by Crippen LogP contribution is 2.44. The predicted octanol–water partition coefficient (Wildman–Crippen LogP) is 8.54. The third kappa shape index (κ3) is 6.13. The largest absolute Gasteiger partial charge is 0.332 e. The summed E-state index contributed by atoms with van der Waals surface area (Å²) in [5.74, 6) is 1.14. The van der Waals surface area contributed by atoms with Gasteiger partial charge in [-0.25, -0.2) is 9.16 Å². The third-order valence-electron chi connectivity index (χ3n) is 10.4. The number of aryl methyl sites for hydroxylation is 2. The standard InChI is InChI=1S/C33H44N5O5S/c1-22-19-28(36(40)41)15-17-30(22)34-33-38(24(3)26-11-7-5-8-12-26,25(4)27-13-9-6-10-14-27)32(39)21-44(33)35-31-18-16-29(37(42)43)20-23(31)2/h15-20,24-27H,5-14,21H2,1-4H3/q+1/t24-,25-,44?/m1/s1. The number of hydrogen-bond donors (Lipinski definition) is 0. The molecule has 44 heavy (non-hydrogen) atoms. The zero-order chi connectivity index (χ0) is 31.6. The summed E-state index contributed by atoms with van der Waals surface area (Å²) in [5.41, 5.74) is 2.60. The molecule has 1 saturated heterocycles. The zero-order valence-corrected chi connectivity index (χ0v) is 27.1. The van der Waals surface area contributed by atoms with Crippen molar-refractivity contribution in [3.8, 4) is 0 Å². The van der Waals surface area contributed by atoms with E-state index < -0.39 is 20.5 Å². The van der Waals surface area contributed by atoms with Gasteiger partial charge in [0.15, 0.2) is 0 Å². The van der Waals surface area contributed by atoms with Crippen molar-refractivity contribution in [3.05, 3.63) is 67.8 Å². The van der Waals surface area contributed by atoms with Crippen LogP contribution in [-0.4, -0.2) is 43.2 Å². The van der Waals surface area contributed by atoms with Gasteiger partial charge in [0.2, 0.25) is 0 Å². The molecule has 236 valence electrons. The van der Waals surface area contributed by atoms with Crippen molar-refractivity contribution >= 4 is 44.5 Å². The van der Waals surface area contributed by atoms with Gasteiger partial charge in [0.05, 0.1) is 21.2 Å². The van der Waals surface area contributed by atoms with Gasteiger partial charge in [-0.1, -0.05) is 38.5 Å². The molecule has 1 heterocycles. The van der Waals surface area contributed by atoms with Crippen molar-refractivity contribution in [2.75, 3.05) is 5.75 Å². The lowest BCUT2D eigenvalue weighted by molar-refractivity contribution is -0.819. The quantitative estimate of drug-likeness (QED) is 0.166. The second-order valence-corrected chi connectivity index (χ2v) is 14.5. The van der Waals surface area contributed by atoms with E-state index >= 15 is 0 Å². The summed E-state index contributed by atoms with van der Waals surface area (Å²) in [6, 6.07) is 9.38. The number of nitrogens with zero attached hydrogens (tertiary/aromatic N) is 5. The summed E-state index contributed by atoms with van der Waals surface area (Å²) >= 11 is 0. The van der Waals surface area contributed by atoms with Crippen LogP contribution in [0, 0.1) is 45.9 Å². The molecular weight excluding hydrogens is 578 g/mol. The Morgan fingerprint density at radius 3 is 1.66 bits per heavy atom. The average Bonchev–Trinajstić information content (AvgIpc) is 3.29. The Morgan fingerprint density at radius 1 is 0.773 bits per heavy atom. The second-order valence-electron chi connectivity index (χ2n) is 12.9. The SMILES string of the molecule is Cc1cc([N+](=O)[O-])ccc1N=C1S(=Nc2ccc([N+](=O)[O-])cc2C)CC(=O)[N+]1([C@H](C)C1CCCCC1)[C@H](C)C1CCCCC1. The molecule has 1 amide bonds. The normalized spacial score (nSPS) is 23.6. The van der Waals surface area contributed by atoms with Crippen LogP contribution in [0.1, 0.15) is 89.2 Å². The first-order valence-corrected chi connectivity index (χ1v) is 17.3. The van der Waals surface area contributed by atoms with E-state index in [1.807, 2.05) is 13.8 Å². The highest BCUT2D eigenvalue weighted by atomic mass is 32.2. The van der Waals surface area contributed by atoms with Gasteiger partial charge in [-0.3, -0.25) is 20.2 Å². The van der Waals surface area contributed by atoms with Gasteiger partial charge in [-0.15, -0.1) is 0 Å². The van der Waals surface area contributed by atoms with Crippen molar-refractivity contribution < 1.29 is 19.1 Å². The molecule has 2 aromatic carbocycles. The number of non-ortho nitro benzene ring substituents is 2. The molecular formula is C33H44N5O5S+. The van der Waals surface area contributed by atoms with Crippen LogP contribution in [0.2, 0.25) is 0 Å². The van der Waals surface area contributed by atoms with E-state index in [9.17, 15) is 25.0 Å². The molecule has 0 radical (unpaired) electrons. The van der Waals surface area contributed by atoms with E-state index in [0.29, 0.717) is 34.3 Å². The molecule has 3 fully saturated rings. The second kappa shape index (κ2) is 13.4. The summed E-state index contributed by atoms with van der Waals surface area (Å²) in [6.45, 7) is 8.12. The third-order valence-corrected chi connectivity index (χ3v) is 12.1. The van der Waals surface area contributed by atoms with Crippen LogP contribution in [0.4, 0.5) is 22.7 Å². The van der Waals surface area contributed by atoms with E-state index in [2.05, 4.69) is 13.8 Å². The van der Waals surface area contributed by atoms with E-state index in [0.717, 1.165) is 56.5 Å². The topological polar surface area (TPSA) is 128 Å². The van der Waals surface area contributed by atoms with Crippen LogP contribution >= 0.6 is 0 Å². The van der Waals surface area contributed by atoms with Crippen LogP contribution in [0.5, 0.6) is 0 Å². The minimum atomic E-state index is -0.922. The van der Waals surface area contributed by atoms with E-state index in [1.165, 1.54) is 37.1 Å². The maximum absolute atomic E-state index is 14.8. The summed E-state index contributed by atoms with van der Waals surface area (Å²) < 4.78 is 5.33. The molecule has 2 saturated carbocycles. The minimum Gasteiger partial charge on any atom is -0.258 e. The molecule has 10 nitrogen and oxygen atoms in total. The maximum Gasteiger partial charge on any atom is 0.332 e. The molecule has 0 N–H and O–H groups in total. The van der Waals surface area contributed by atoms with Gasteiger partial charge in [0, 0.05) is 46.8 Å². The number of aliphatic imine (C=N–C) groups is 1. The Balaban J connectivity index is 1.74. The van der Waals surface area contributed by atoms with Gasteiger partial charge < -0.3 is 0 Å². The van der Waals surface area contributed by atoms with Gasteiger partial charge in [-0.05, 0) is 76.6 Å². The molecule has 2 aliphatic carbocycles. The molecule has 0 spiro atoms. The molecule has 5 rings (SSSR count). The first-order chi connectivity index (χ1) is 21.0. The van der Waals surface area contributed by atoms with Crippen molar-refractivity contribution in [2.45, 2.75) is 104 Å². The fourth-order valence-corrected chi connectivity index (χ4v) is 9.96. The lowest BCUT2D eigenvalue weighted by Crippen LogP contribution is -2.67. The number of nitro benzene ring substituents is 2. The van der Waals surface area contributed by atoms with Crippen molar-refractivity contribution in [1.82, 2.24) is 0 Å². The number of hydrogen-bond acceptors (Lipinski definition) is 7. The summed E-state index contributed by atoms with van der Waals surface area (Å²) in [6.07, 6.45) is 11.4. The summed E-state index contributed by atoms with van der Waals surface area (Å²) in [4.78, 5) is 42.2. The van der Waals surface area contributed by atoms with E-state index in [1.54, 1.807) is 12.1 Å². The number of amidine groups is 1. The Morgan fingerprint density at radius 2 is 1.23 bits per heavy atom. The predicted molar refractivity (Wildman–Crippen MR) is 174 cm³/mol. The molecule has 2 aromatic rings. The van der Waals surface area contributed by atoms with Crippen molar-refractivity contribution in [2.24, 2.45) is 21.2 Å². The smallest absolute Gasteiger partial charge is 0.258 e. The van der Waals surface area contributed by atoms with Crippen LogP contribution in [-0.2, 0) is 15.5 Å². The number of nitro groups is 2. The van der Waals surface area contributed by atoms with Gasteiger partial charge in [0.1, 0.15) is 17.8 Å². The molecule has 1 aliphatic heterocycles. The number of benzene rings is 2. The van der Waals surface area contributed by atoms with Crippen molar-refractivity contribution in [3.63, 3.8) is 0 Å². The highest BCUT2D eigenvalue weighted by Gasteiger charge is 2.61. The molecule has 3 atom stereocenters. The maximum atomic E-state index is 14.8. The fourth-order valence-electron chi connectivity index (χ4n) is 7.81. The number of quaternary nitrogens is 1. The van der Waals surface area contributed by atoms with Crippen LogP contribution in [0.25, 0.3) is 0 Å². The summed E-state index contributed by atoms with van der Waals surface area (Å²) in [7, 11) is -0.922. The van der Waals surface area contributed by atoms with Crippen LogP contribution in [0.15, 0.2) is 45.8 Å². The number of rotatable bonds is 8. The van der Waals surface area contributed by atoms with Gasteiger partial charge >= 0.3 is 5.91 Å². The van der Waals surface area contributed by atoms with Crippen LogP contribution < -0.4 is 0 Å². The molecule has 1 unspecified atom stereocenters. The van der Waals surface area contributed by atoms with Gasteiger partial charge in [-0.2, -0.15) is 9.48 Å². The molecule has 3 aliphatic rings. The molecule has 0 bridgehead atoms. The fraction of sp³-hybridized carbons (Fsp3) is 0.576. The van der Waals surface area contributed by atoms with Crippen molar-refractivity contribution in [1.29, 1.82) is 0 Å². The monoisotopic (exact) mass is 622 g/mol. The molecule has 0 aromatic heterocycles. The Kier molecular flexibility index (Phi) is 9.74. The zero-order valence-electron chi connectivity index (χ0n) is 26.2. The summed E-state index contributed by atoms with van der Waals surface area (Å²) in [5, 5.41) is 23.6. The Hall–Kier alpha value is -3.31. The van der Waals surface area contributed by atoms with E-state index in [4.69, 9.17) is 9.36 Å². The highest BCUT2D eigenvalue weighted by molar-refractivity contribution is 8.03. The average molecular weight is 623 g/mol. The Bertz CT molecular complexity index is 1490. The van der Waals surface area contributed by atoms with Gasteiger partial charge in [0.25, 0.3) is 16.5 Å². The lowest BCUT2D eigenvalue weighted by atomic mass is 9.78.